The molecule has 0 unspecified atom stereocenters. The molecule has 1 aromatic heterocycles. The maximum absolute atomic E-state index is 12.3. The second-order valence-electron chi connectivity index (χ2n) is 5.60. The minimum absolute atomic E-state index is 0.00311. The van der Waals surface area contributed by atoms with E-state index in [4.69, 9.17) is 4.74 Å². The summed E-state index contributed by atoms with van der Waals surface area (Å²) in [6.07, 6.45) is 3.98. The monoisotopic (exact) mass is 325 g/mol. The fourth-order valence-corrected chi connectivity index (χ4v) is 4.07. The van der Waals surface area contributed by atoms with Gasteiger partial charge in [-0.3, -0.25) is 0 Å². The van der Waals surface area contributed by atoms with Gasteiger partial charge in [-0.1, -0.05) is 0 Å². The molecule has 2 atom stereocenters. The van der Waals surface area contributed by atoms with E-state index in [1.165, 1.54) is 18.6 Å². The summed E-state index contributed by atoms with van der Waals surface area (Å²) >= 11 is 1.95. The standard InChI is InChI=1S/C14H23N5O2S/c1-2-18-10-16-17-13(18)12-9-19(5-6-21-12)14(20)15-8-11-4-3-7-22-11/h10-12H,2-9H2,1H3,(H,15,20)/t11-,12+/m0/s1. The van der Waals surface area contributed by atoms with Crippen LogP contribution < -0.4 is 5.32 Å². The average molecular weight is 325 g/mol. The Hall–Kier alpha value is -1.28. The van der Waals surface area contributed by atoms with Crippen LogP contribution in [0.15, 0.2) is 6.33 Å². The summed E-state index contributed by atoms with van der Waals surface area (Å²) in [4.78, 5) is 14.2. The van der Waals surface area contributed by atoms with Gasteiger partial charge >= 0.3 is 6.03 Å². The topological polar surface area (TPSA) is 72.3 Å². The molecule has 0 spiro atoms. The molecule has 8 heteroatoms. The minimum atomic E-state index is -0.192. The molecule has 122 valence electrons. The summed E-state index contributed by atoms with van der Waals surface area (Å²) in [5, 5.41) is 11.7. The number of hydrogen-bond acceptors (Lipinski definition) is 5. The van der Waals surface area contributed by atoms with Crippen LogP contribution in [0.1, 0.15) is 31.7 Å². The first-order valence-corrected chi connectivity index (χ1v) is 8.96. The number of urea groups is 1. The summed E-state index contributed by atoms with van der Waals surface area (Å²) in [5.74, 6) is 2.01. The van der Waals surface area contributed by atoms with E-state index in [0.717, 1.165) is 18.9 Å². The summed E-state index contributed by atoms with van der Waals surface area (Å²) in [5.41, 5.74) is 0. The highest BCUT2D eigenvalue weighted by Gasteiger charge is 2.29. The Balaban J connectivity index is 1.54. The van der Waals surface area contributed by atoms with Crippen molar-refractivity contribution >= 4 is 17.8 Å². The van der Waals surface area contributed by atoms with Crippen molar-refractivity contribution in [3.05, 3.63) is 12.2 Å². The fraction of sp³-hybridized carbons (Fsp3) is 0.786. The molecule has 1 N–H and O–H groups in total. The lowest BCUT2D eigenvalue weighted by Crippen LogP contribution is -2.48. The summed E-state index contributed by atoms with van der Waals surface area (Å²) in [7, 11) is 0. The molecule has 2 fully saturated rings. The summed E-state index contributed by atoms with van der Waals surface area (Å²) in [6, 6.07) is 0.00311. The molecule has 0 aromatic carbocycles. The van der Waals surface area contributed by atoms with E-state index in [1.807, 2.05) is 28.2 Å². The van der Waals surface area contributed by atoms with Gasteiger partial charge in [-0.2, -0.15) is 11.8 Å². The molecule has 2 amide bonds. The van der Waals surface area contributed by atoms with E-state index in [-0.39, 0.29) is 12.1 Å². The first-order chi connectivity index (χ1) is 10.8. The first-order valence-electron chi connectivity index (χ1n) is 7.91. The average Bonchev–Trinajstić information content (AvgIpc) is 3.23. The lowest BCUT2D eigenvalue weighted by Gasteiger charge is -2.32. The number of carbonyl (C=O) groups excluding carboxylic acids is 1. The van der Waals surface area contributed by atoms with Gasteiger partial charge in [0, 0.05) is 24.9 Å². The lowest BCUT2D eigenvalue weighted by atomic mass is 10.2. The van der Waals surface area contributed by atoms with Crippen LogP contribution >= 0.6 is 11.8 Å². The SMILES string of the molecule is CCn1cnnc1[C@H]1CN(C(=O)NC[C@@H]2CCCS2)CCO1. The third-order valence-electron chi connectivity index (χ3n) is 4.13. The van der Waals surface area contributed by atoms with Crippen molar-refractivity contribution in [3.63, 3.8) is 0 Å². The molecule has 0 radical (unpaired) electrons. The van der Waals surface area contributed by atoms with Gasteiger partial charge in [0.25, 0.3) is 0 Å². The molecule has 0 aliphatic carbocycles. The summed E-state index contributed by atoms with van der Waals surface area (Å²) < 4.78 is 7.73. The Bertz CT molecular complexity index is 503. The van der Waals surface area contributed by atoms with Gasteiger partial charge in [0.1, 0.15) is 12.4 Å². The van der Waals surface area contributed by atoms with Gasteiger partial charge in [0.05, 0.1) is 13.2 Å². The molecular weight excluding hydrogens is 302 g/mol. The predicted molar refractivity (Wildman–Crippen MR) is 84.8 cm³/mol. The van der Waals surface area contributed by atoms with Crippen molar-refractivity contribution in [2.75, 3.05) is 32.0 Å². The fourth-order valence-electron chi connectivity index (χ4n) is 2.87. The molecule has 7 nitrogen and oxygen atoms in total. The number of rotatable bonds is 4. The predicted octanol–water partition coefficient (Wildman–Crippen LogP) is 1.28. The van der Waals surface area contributed by atoms with Gasteiger partial charge in [-0.25, -0.2) is 4.79 Å². The number of ether oxygens (including phenoxy) is 1. The second kappa shape index (κ2) is 7.32. The smallest absolute Gasteiger partial charge is 0.317 e. The van der Waals surface area contributed by atoms with Crippen molar-refractivity contribution in [1.29, 1.82) is 0 Å². The van der Waals surface area contributed by atoms with Crippen LogP contribution in [-0.2, 0) is 11.3 Å². The van der Waals surface area contributed by atoms with E-state index < -0.39 is 0 Å². The summed E-state index contributed by atoms with van der Waals surface area (Å²) in [6.45, 7) is 5.29. The Morgan fingerprint density at radius 3 is 3.27 bits per heavy atom. The number of carbonyl (C=O) groups is 1. The van der Waals surface area contributed by atoms with E-state index in [1.54, 1.807) is 6.33 Å². The van der Waals surface area contributed by atoms with Crippen LogP contribution in [0.25, 0.3) is 0 Å². The van der Waals surface area contributed by atoms with Crippen molar-refractivity contribution < 1.29 is 9.53 Å². The van der Waals surface area contributed by atoms with E-state index in [2.05, 4.69) is 15.5 Å². The molecule has 0 saturated carbocycles. The molecule has 2 aliphatic rings. The van der Waals surface area contributed by atoms with Gasteiger partial charge < -0.3 is 19.5 Å². The van der Waals surface area contributed by atoms with Crippen LogP contribution in [0.2, 0.25) is 0 Å². The lowest BCUT2D eigenvalue weighted by molar-refractivity contribution is -0.0217. The quantitative estimate of drug-likeness (QED) is 0.903. The zero-order valence-corrected chi connectivity index (χ0v) is 13.7. The Morgan fingerprint density at radius 1 is 1.59 bits per heavy atom. The van der Waals surface area contributed by atoms with Crippen molar-refractivity contribution in [1.82, 2.24) is 25.0 Å². The molecule has 3 rings (SSSR count). The van der Waals surface area contributed by atoms with Crippen LogP contribution in [-0.4, -0.2) is 62.9 Å². The normalized spacial score (nSPS) is 25.4. The van der Waals surface area contributed by atoms with Gasteiger partial charge in [-0.05, 0) is 25.5 Å². The molecule has 22 heavy (non-hydrogen) atoms. The van der Waals surface area contributed by atoms with E-state index in [9.17, 15) is 4.79 Å². The maximum atomic E-state index is 12.3. The van der Waals surface area contributed by atoms with E-state index in [0.29, 0.717) is 24.9 Å². The maximum Gasteiger partial charge on any atom is 0.317 e. The molecule has 1 aromatic rings. The third kappa shape index (κ3) is 3.55. The number of aromatic nitrogens is 3. The number of nitrogens with one attached hydrogen (secondary N) is 1. The molecule has 2 saturated heterocycles. The number of nitrogens with zero attached hydrogens (tertiary/aromatic N) is 4. The van der Waals surface area contributed by atoms with Crippen molar-refractivity contribution in [3.8, 4) is 0 Å². The van der Waals surface area contributed by atoms with Crippen LogP contribution in [0, 0.1) is 0 Å². The Morgan fingerprint density at radius 2 is 2.50 bits per heavy atom. The molecular formula is C14H23N5O2S. The molecule has 3 heterocycles. The largest absolute Gasteiger partial charge is 0.366 e. The zero-order chi connectivity index (χ0) is 15.4. The number of thioether (sulfide) groups is 1. The Labute approximate surface area is 134 Å². The van der Waals surface area contributed by atoms with E-state index >= 15 is 0 Å². The molecule has 2 aliphatic heterocycles. The first kappa shape index (κ1) is 15.6. The van der Waals surface area contributed by atoms with Gasteiger partial charge in [-0.15, -0.1) is 10.2 Å². The number of morpholine rings is 1. The molecule has 0 bridgehead atoms. The highest BCUT2D eigenvalue weighted by molar-refractivity contribution is 8.00. The second-order valence-corrected chi connectivity index (χ2v) is 7.01. The zero-order valence-electron chi connectivity index (χ0n) is 12.9. The van der Waals surface area contributed by atoms with Crippen LogP contribution in [0.3, 0.4) is 0 Å². The number of hydrogen-bond donors (Lipinski definition) is 1. The highest BCUT2D eigenvalue weighted by Crippen LogP contribution is 2.25. The number of amides is 2. The van der Waals surface area contributed by atoms with Crippen molar-refractivity contribution in [2.24, 2.45) is 0 Å². The third-order valence-corrected chi connectivity index (χ3v) is 5.53. The van der Waals surface area contributed by atoms with Gasteiger partial charge in [0.2, 0.25) is 0 Å². The van der Waals surface area contributed by atoms with Crippen LogP contribution in [0.4, 0.5) is 4.79 Å². The number of aryl methyl sites for hydroxylation is 1. The highest BCUT2D eigenvalue weighted by atomic mass is 32.2. The van der Waals surface area contributed by atoms with Crippen molar-refractivity contribution in [2.45, 2.75) is 37.7 Å². The van der Waals surface area contributed by atoms with Crippen LogP contribution in [0.5, 0.6) is 0 Å². The Kier molecular flexibility index (Phi) is 5.20. The van der Waals surface area contributed by atoms with Gasteiger partial charge in [0.15, 0.2) is 5.82 Å². The minimum Gasteiger partial charge on any atom is -0.366 e.